The van der Waals surface area contributed by atoms with Gasteiger partial charge in [-0.25, -0.2) is 4.79 Å². The Balaban J connectivity index is 0.00000200. The predicted octanol–water partition coefficient (Wildman–Crippen LogP) is 3.58. The number of aromatic nitrogens is 1. The summed E-state index contributed by atoms with van der Waals surface area (Å²) in [5, 5.41) is 8.82. The van der Waals surface area contributed by atoms with Crippen molar-refractivity contribution in [3.63, 3.8) is 0 Å². The molecule has 0 saturated carbocycles. The molecule has 1 aromatic heterocycles. The normalized spacial score (nSPS) is 10.8. The summed E-state index contributed by atoms with van der Waals surface area (Å²) in [6, 6.07) is 11.9. The summed E-state index contributed by atoms with van der Waals surface area (Å²) in [5.41, 5.74) is 3.64. The minimum atomic E-state index is -0.888. The fraction of sp³-hybridized carbons (Fsp3) is 0.125. The molecule has 1 heterocycles. The first kappa shape index (κ1) is 15.9. The lowest BCUT2D eigenvalue weighted by atomic mass is 10.0. The largest absolute Gasteiger partial charge is 0.478 e. The van der Waals surface area contributed by atoms with Gasteiger partial charge < -0.3 is 5.11 Å². The van der Waals surface area contributed by atoms with Crippen LogP contribution >= 0.6 is 12.4 Å². The summed E-state index contributed by atoms with van der Waals surface area (Å²) in [5.74, 6) is -0.888. The number of halogens is 1. The molecule has 4 heteroatoms. The van der Waals surface area contributed by atoms with Crippen LogP contribution in [0.4, 0.5) is 0 Å². The van der Waals surface area contributed by atoms with Crippen LogP contribution in [0.1, 0.15) is 23.6 Å². The van der Waals surface area contributed by atoms with Crippen LogP contribution in [0.3, 0.4) is 0 Å². The van der Waals surface area contributed by atoms with E-state index in [9.17, 15) is 4.79 Å². The standard InChI is InChI=1S/C16H15NO2.ClH/c1-12(16(18)19)10-13-2-4-14(5-3-13)11-15-6-8-17-9-7-15;/h2-10H,11H2,1H3,(H,18,19);1H/b12-10+;. The quantitative estimate of drug-likeness (QED) is 0.875. The van der Waals surface area contributed by atoms with E-state index in [4.69, 9.17) is 5.11 Å². The first-order valence-electron chi connectivity index (χ1n) is 6.04. The smallest absolute Gasteiger partial charge is 0.331 e. The molecule has 0 aliphatic carbocycles. The molecule has 0 spiro atoms. The van der Waals surface area contributed by atoms with Gasteiger partial charge in [0.05, 0.1) is 0 Å². The van der Waals surface area contributed by atoms with E-state index in [0.717, 1.165) is 12.0 Å². The van der Waals surface area contributed by atoms with Gasteiger partial charge in [0.15, 0.2) is 0 Å². The second kappa shape index (κ2) is 7.46. The first-order chi connectivity index (χ1) is 9.15. The van der Waals surface area contributed by atoms with Crippen LogP contribution in [0.25, 0.3) is 6.08 Å². The number of benzene rings is 1. The number of rotatable bonds is 4. The Morgan fingerprint density at radius 1 is 1.10 bits per heavy atom. The third-order valence-electron chi connectivity index (χ3n) is 2.86. The number of carbonyl (C=O) groups is 1. The summed E-state index contributed by atoms with van der Waals surface area (Å²) in [7, 11) is 0. The number of hydrogen-bond acceptors (Lipinski definition) is 2. The van der Waals surface area contributed by atoms with Crippen LogP contribution in [0, 0.1) is 0 Å². The second-order valence-electron chi connectivity index (χ2n) is 4.41. The Labute approximate surface area is 124 Å². The van der Waals surface area contributed by atoms with Crippen LogP contribution in [-0.2, 0) is 11.2 Å². The second-order valence-corrected chi connectivity index (χ2v) is 4.41. The molecule has 104 valence electrons. The van der Waals surface area contributed by atoms with Gasteiger partial charge in [0.25, 0.3) is 0 Å². The molecule has 3 nitrogen and oxygen atoms in total. The van der Waals surface area contributed by atoms with Gasteiger partial charge in [-0.3, -0.25) is 4.98 Å². The molecule has 2 rings (SSSR count). The predicted molar refractivity (Wildman–Crippen MR) is 82.0 cm³/mol. The van der Waals surface area contributed by atoms with Crippen molar-refractivity contribution in [3.05, 3.63) is 71.1 Å². The van der Waals surface area contributed by atoms with Crippen molar-refractivity contribution >= 4 is 24.5 Å². The van der Waals surface area contributed by atoms with Crippen molar-refractivity contribution in [2.24, 2.45) is 0 Å². The lowest BCUT2D eigenvalue weighted by Gasteiger charge is -2.02. The van der Waals surface area contributed by atoms with Gasteiger partial charge >= 0.3 is 5.97 Å². The molecule has 20 heavy (non-hydrogen) atoms. The molecule has 1 aromatic carbocycles. The number of carboxylic acid groups (broad SMARTS) is 1. The Hall–Kier alpha value is -2.13. The van der Waals surface area contributed by atoms with Crippen molar-refractivity contribution in [1.29, 1.82) is 0 Å². The summed E-state index contributed by atoms with van der Waals surface area (Å²) >= 11 is 0. The van der Waals surface area contributed by atoms with E-state index in [0.29, 0.717) is 5.57 Å². The molecule has 0 radical (unpaired) electrons. The fourth-order valence-corrected chi connectivity index (χ4v) is 1.78. The molecule has 0 amide bonds. The Kier molecular flexibility index (Phi) is 5.94. The molecular formula is C16H16ClNO2. The summed E-state index contributed by atoms with van der Waals surface area (Å²) in [4.78, 5) is 14.7. The SMILES string of the molecule is C/C(=C\c1ccc(Cc2ccncc2)cc1)C(=O)O.Cl. The van der Waals surface area contributed by atoms with Gasteiger partial charge in [-0.2, -0.15) is 0 Å². The van der Waals surface area contributed by atoms with Gasteiger partial charge in [0.1, 0.15) is 0 Å². The average molecular weight is 290 g/mol. The molecule has 0 aliphatic rings. The number of aliphatic carboxylic acids is 1. The summed E-state index contributed by atoms with van der Waals surface area (Å²) < 4.78 is 0. The van der Waals surface area contributed by atoms with Gasteiger partial charge in [0.2, 0.25) is 0 Å². The Bertz CT molecular complexity index is 592. The number of pyridine rings is 1. The topological polar surface area (TPSA) is 50.2 Å². The van der Waals surface area contributed by atoms with Crippen LogP contribution < -0.4 is 0 Å². The van der Waals surface area contributed by atoms with Crippen LogP contribution in [0.5, 0.6) is 0 Å². The molecule has 0 aliphatic heterocycles. The van der Waals surface area contributed by atoms with E-state index < -0.39 is 5.97 Å². The van der Waals surface area contributed by atoms with E-state index in [-0.39, 0.29) is 12.4 Å². The van der Waals surface area contributed by atoms with E-state index in [1.165, 1.54) is 11.1 Å². The van der Waals surface area contributed by atoms with Gasteiger partial charge in [-0.05, 0) is 48.2 Å². The van der Waals surface area contributed by atoms with E-state index in [2.05, 4.69) is 4.98 Å². The van der Waals surface area contributed by atoms with Gasteiger partial charge in [-0.15, -0.1) is 12.4 Å². The van der Waals surface area contributed by atoms with Crippen LogP contribution in [0.2, 0.25) is 0 Å². The first-order valence-corrected chi connectivity index (χ1v) is 6.04. The molecule has 0 unspecified atom stereocenters. The van der Waals surface area contributed by atoms with Crippen molar-refractivity contribution < 1.29 is 9.90 Å². The van der Waals surface area contributed by atoms with E-state index in [1.807, 2.05) is 36.4 Å². The van der Waals surface area contributed by atoms with Crippen LogP contribution in [-0.4, -0.2) is 16.1 Å². The zero-order valence-corrected chi connectivity index (χ0v) is 11.9. The maximum Gasteiger partial charge on any atom is 0.331 e. The minimum absolute atomic E-state index is 0. The molecule has 0 fully saturated rings. The average Bonchev–Trinajstić information content (AvgIpc) is 2.42. The molecular weight excluding hydrogens is 274 g/mol. The zero-order valence-electron chi connectivity index (χ0n) is 11.1. The highest BCUT2D eigenvalue weighted by atomic mass is 35.5. The lowest BCUT2D eigenvalue weighted by Crippen LogP contribution is -1.95. The molecule has 0 saturated heterocycles. The van der Waals surface area contributed by atoms with Gasteiger partial charge in [-0.1, -0.05) is 24.3 Å². The third kappa shape index (κ3) is 4.52. The van der Waals surface area contributed by atoms with Crippen LogP contribution in [0.15, 0.2) is 54.4 Å². The zero-order chi connectivity index (χ0) is 13.7. The number of nitrogens with zero attached hydrogens (tertiary/aromatic N) is 1. The number of hydrogen-bond donors (Lipinski definition) is 1. The van der Waals surface area contributed by atoms with Gasteiger partial charge in [0, 0.05) is 18.0 Å². The maximum absolute atomic E-state index is 10.7. The maximum atomic E-state index is 10.7. The molecule has 0 bridgehead atoms. The monoisotopic (exact) mass is 289 g/mol. The molecule has 0 atom stereocenters. The summed E-state index contributed by atoms with van der Waals surface area (Å²) in [6.07, 6.45) is 6.08. The van der Waals surface area contributed by atoms with Crippen molar-refractivity contribution in [3.8, 4) is 0 Å². The third-order valence-corrected chi connectivity index (χ3v) is 2.86. The highest BCUT2D eigenvalue weighted by molar-refractivity contribution is 5.91. The van der Waals surface area contributed by atoms with E-state index in [1.54, 1.807) is 25.4 Å². The Morgan fingerprint density at radius 3 is 2.20 bits per heavy atom. The minimum Gasteiger partial charge on any atom is -0.478 e. The molecule has 1 N–H and O–H groups in total. The lowest BCUT2D eigenvalue weighted by molar-refractivity contribution is -0.132. The van der Waals surface area contributed by atoms with E-state index >= 15 is 0 Å². The van der Waals surface area contributed by atoms with Crippen molar-refractivity contribution in [2.45, 2.75) is 13.3 Å². The molecule has 2 aromatic rings. The fourth-order valence-electron chi connectivity index (χ4n) is 1.78. The van der Waals surface area contributed by atoms with Crippen molar-refractivity contribution in [2.75, 3.05) is 0 Å². The highest BCUT2D eigenvalue weighted by Gasteiger charge is 2.00. The van der Waals surface area contributed by atoms with Crippen molar-refractivity contribution in [1.82, 2.24) is 4.98 Å². The highest BCUT2D eigenvalue weighted by Crippen LogP contribution is 2.12. The Morgan fingerprint density at radius 2 is 1.65 bits per heavy atom. The number of carboxylic acids is 1. The summed E-state index contributed by atoms with van der Waals surface area (Å²) in [6.45, 7) is 1.59.